The minimum atomic E-state index is -3.93. The van der Waals surface area contributed by atoms with Crippen molar-refractivity contribution in [1.29, 1.82) is 0 Å². The van der Waals surface area contributed by atoms with Gasteiger partial charge in [0.05, 0.1) is 16.3 Å². The van der Waals surface area contributed by atoms with Gasteiger partial charge in [-0.25, -0.2) is 17.8 Å². The van der Waals surface area contributed by atoms with Gasteiger partial charge >= 0.3 is 0 Å². The molecule has 1 aromatic heterocycles. The number of aromatic nitrogens is 1. The fraction of sp³-hybridized carbons (Fsp3) is 0.188. The molecule has 3 rings (SSSR count). The summed E-state index contributed by atoms with van der Waals surface area (Å²) >= 11 is 1.44. The van der Waals surface area contributed by atoms with Gasteiger partial charge in [-0.1, -0.05) is 24.3 Å². The maximum Gasteiger partial charge on any atom is 0.246 e. The van der Waals surface area contributed by atoms with Gasteiger partial charge in [0.15, 0.2) is 0 Å². The first-order valence-electron chi connectivity index (χ1n) is 6.99. The number of thiazole rings is 1. The third-order valence-electron chi connectivity index (χ3n) is 3.71. The molecule has 0 saturated carbocycles. The zero-order valence-corrected chi connectivity index (χ0v) is 14.2. The maximum absolute atomic E-state index is 13.9. The van der Waals surface area contributed by atoms with E-state index < -0.39 is 21.9 Å². The second kappa shape index (κ2) is 5.99. The van der Waals surface area contributed by atoms with Crippen LogP contribution in [0, 0.1) is 5.82 Å². The summed E-state index contributed by atoms with van der Waals surface area (Å²) < 4.78 is 41.3. The number of hydrogen-bond acceptors (Lipinski definition) is 4. The van der Waals surface area contributed by atoms with Crippen LogP contribution < -0.4 is 0 Å². The summed E-state index contributed by atoms with van der Waals surface area (Å²) in [4.78, 5) is 4.16. The van der Waals surface area contributed by atoms with Crippen LogP contribution in [0.25, 0.3) is 10.2 Å². The topological polar surface area (TPSA) is 50.3 Å². The zero-order valence-electron chi connectivity index (χ0n) is 12.6. The Labute approximate surface area is 138 Å². The van der Waals surface area contributed by atoms with Gasteiger partial charge in [0.1, 0.15) is 15.7 Å². The highest BCUT2D eigenvalue weighted by molar-refractivity contribution is 7.89. The first kappa shape index (κ1) is 16.0. The lowest BCUT2D eigenvalue weighted by Gasteiger charge is -2.22. The highest BCUT2D eigenvalue weighted by atomic mass is 32.2. The molecule has 1 unspecified atom stereocenters. The van der Waals surface area contributed by atoms with Crippen LogP contribution in [0.15, 0.2) is 53.4 Å². The lowest BCUT2D eigenvalue weighted by Crippen LogP contribution is -2.30. The molecule has 0 spiro atoms. The Morgan fingerprint density at radius 2 is 1.78 bits per heavy atom. The average Bonchev–Trinajstić information content (AvgIpc) is 2.97. The summed E-state index contributed by atoms with van der Waals surface area (Å²) in [6.07, 6.45) is 0. The number of sulfonamides is 1. The Bertz CT molecular complexity index is 920. The molecule has 0 aliphatic rings. The van der Waals surface area contributed by atoms with Gasteiger partial charge in [0, 0.05) is 7.05 Å². The van der Waals surface area contributed by atoms with Crippen LogP contribution in [-0.2, 0) is 10.0 Å². The third kappa shape index (κ3) is 2.87. The molecule has 1 atom stereocenters. The molecule has 4 nitrogen and oxygen atoms in total. The largest absolute Gasteiger partial charge is 0.246 e. The van der Waals surface area contributed by atoms with Gasteiger partial charge in [0.2, 0.25) is 10.0 Å². The summed E-state index contributed by atoms with van der Waals surface area (Å²) in [5.41, 5.74) is 0.830. The highest BCUT2D eigenvalue weighted by Gasteiger charge is 2.30. The number of para-hydroxylation sites is 1. The van der Waals surface area contributed by atoms with Crippen molar-refractivity contribution in [2.75, 3.05) is 7.05 Å². The fourth-order valence-corrected chi connectivity index (χ4v) is 4.76. The Morgan fingerprint density at radius 3 is 2.48 bits per heavy atom. The Balaban J connectivity index is 1.98. The second-order valence-corrected chi connectivity index (χ2v) is 8.18. The molecule has 0 bridgehead atoms. The van der Waals surface area contributed by atoms with E-state index >= 15 is 0 Å². The van der Waals surface area contributed by atoms with Crippen molar-refractivity contribution < 1.29 is 12.8 Å². The molecular weight excluding hydrogens is 335 g/mol. The molecule has 0 saturated heterocycles. The van der Waals surface area contributed by atoms with Crippen molar-refractivity contribution in [2.24, 2.45) is 0 Å². The molecule has 0 aliphatic carbocycles. The van der Waals surface area contributed by atoms with Gasteiger partial charge in [0.25, 0.3) is 0 Å². The number of halogens is 1. The molecule has 0 radical (unpaired) electrons. The first-order chi connectivity index (χ1) is 10.9. The molecular formula is C16H15FN2O2S2. The van der Waals surface area contributed by atoms with Crippen molar-refractivity contribution >= 4 is 31.6 Å². The van der Waals surface area contributed by atoms with Gasteiger partial charge in [-0.3, -0.25) is 0 Å². The summed E-state index contributed by atoms with van der Waals surface area (Å²) in [5.74, 6) is -0.754. The van der Waals surface area contributed by atoms with Crippen LogP contribution >= 0.6 is 11.3 Å². The maximum atomic E-state index is 13.9. The van der Waals surface area contributed by atoms with Crippen LogP contribution in [0.5, 0.6) is 0 Å². The molecule has 2 aromatic carbocycles. The lowest BCUT2D eigenvalue weighted by atomic mass is 10.3. The van der Waals surface area contributed by atoms with Gasteiger partial charge in [-0.05, 0) is 31.2 Å². The van der Waals surface area contributed by atoms with Crippen LogP contribution in [0.3, 0.4) is 0 Å². The summed E-state index contributed by atoms with van der Waals surface area (Å²) in [6, 6.07) is 12.5. The van der Waals surface area contributed by atoms with Crippen LogP contribution in [0.4, 0.5) is 4.39 Å². The van der Waals surface area contributed by atoms with Crippen LogP contribution in [-0.4, -0.2) is 24.8 Å². The van der Waals surface area contributed by atoms with E-state index in [4.69, 9.17) is 0 Å². The first-order valence-corrected chi connectivity index (χ1v) is 9.25. The molecule has 3 aromatic rings. The van der Waals surface area contributed by atoms with Crippen molar-refractivity contribution in [2.45, 2.75) is 17.9 Å². The molecule has 1 heterocycles. The number of nitrogens with zero attached hydrogens (tertiary/aromatic N) is 2. The predicted octanol–water partition coefficient (Wildman–Crippen LogP) is 3.82. The molecule has 23 heavy (non-hydrogen) atoms. The molecule has 7 heteroatoms. The molecule has 120 valence electrons. The molecule has 0 amide bonds. The summed E-state index contributed by atoms with van der Waals surface area (Å²) in [6.45, 7) is 1.75. The van der Waals surface area contributed by atoms with Gasteiger partial charge in [-0.15, -0.1) is 11.3 Å². The van der Waals surface area contributed by atoms with Crippen LogP contribution in [0.2, 0.25) is 0 Å². The van der Waals surface area contributed by atoms with Crippen molar-refractivity contribution in [3.8, 4) is 0 Å². The molecule has 0 N–H and O–H groups in total. The quantitative estimate of drug-likeness (QED) is 0.719. The van der Waals surface area contributed by atoms with E-state index in [1.807, 2.05) is 24.3 Å². The Morgan fingerprint density at radius 1 is 1.13 bits per heavy atom. The Hall–Kier alpha value is -1.83. The second-order valence-electron chi connectivity index (χ2n) is 5.15. The SMILES string of the molecule is CC(c1nc2ccccc2s1)N(C)S(=O)(=O)c1ccccc1F. The van der Waals surface area contributed by atoms with Crippen LogP contribution in [0.1, 0.15) is 18.0 Å². The van der Waals surface area contributed by atoms with Crippen molar-refractivity contribution in [3.63, 3.8) is 0 Å². The number of benzene rings is 2. The summed E-state index contributed by atoms with van der Waals surface area (Å²) in [5, 5.41) is 0.675. The predicted molar refractivity (Wildman–Crippen MR) is 89.4 cm³/mol. The third-order valence-corrected chi connectivity index (χ3v) is 6.87. The van der Waals surface area contributed by atoms with E-state index in [0.29, 0.717) is 5.01 Å². The normalized spacial score (nSPS) is 13.6. The smallest absolute Gasteiger partial charge is 0.239 e. The fourth-order valence-electron chi connectivity index (χ4n) is 2.24. The van der Waals surface area contributed by atoms with E-state index in [0.717, 1.165) is 20.6 Å². The highest BCUT2D eigenvalue weighted by Crippen LogP contribution is 2.32. The average molecular weight is 350 g/mol. The zero-order chi connectivity index (χ0) is 16.6. The minimum Gasteiger partial charge on any atom is -0.239 e. The van der Waals surface area contributed by atoms with Gasteiger partial charge in [-0.2, -0.15) is 4.31 Å². The van der Waals surface area contributed by atoms with E-state index in [2.05, 4.69) is 4.98 Å². The minimum absolute atomic E-state index is 0.324. The number of rotatable bonds is 4. The van der Waals surface area contributed by atoms with E-state index in [9.17, 15) is 12.8 Å². The standard InChI is InChI=1S/C16H15FN2O2S2/c1-11(16-18-13-8-4-5-9-14(13)22-16)19(2)23(20,21)15-10-6-3-7-12(15)17/h3-11H,1-2H3. The summed E-state index contributed by atoms with van der Waals surface area (Å²) in [7, 11) is -2.49. The number of hydrogen-bond donors (Lipinski definition) is 0. The van der Waals surface area contributed by atoms with Crippen molar-refractivity contribution in [1.82, 2.24) is 9.29 Å². The van der Waals surface area contributed by atoms with E-state index in [1.165, 1.54) is 36.6 Å². The number of fused-ring (bicyclic) bond motifs is 1. The monoisotopic (exact) mass is 350 g/mol. The molecule has 0 aliphatic heterocycles. The van der Waals surface area contributed by atoms with E-state index in [-0.39, 0.29) is 4.90 Å². The van der Waals surface area contributed by atoms with Gasteiger partial charge < -0.3 is 0 Å². The van der Waals surface area contributed by atoms with Crippen molar-refractivity contribution in [3.05, 3.63) is 59.4 Å². The Kier molecular flexibility index (Phi) is 4.18. The molecule has 0 fully saturated rings. The lowest BCUT2D eigenvalue weighted by molar-refractivity contribution is 0.394. The van der Waals surface area contributed by atoms with E-state index in [1.54, 1.807) is 6.92 Å².